The Bertz CT molecular complexity index is 316. The molecule has 0 aliphatic rings. The van der Waals surface area contributed by atoms with Crippen LogP contribution in [-0.4, -0.2) is 42.9 Å². The molecule has 1 rings (SSSR count). The lowest BCUT2D eigenvalue weighted by atomic mass is 10.2. The molecule has 3 heteroatoms. The highest BCUT2D eigenvalue weighted by atomic mass is 16.5. The second-order valence-corrected chi connectivity index (χ2v) is 5.10. The second-order valence-electron chi connectivity index (χ2n) is 5.10. The predicted molar refractivity (Wildman–Crippen MR) is 79.6 cm³/mol. The van der Waals surface area contributed by atoms with Gasteiger partial charge in [0.1, 0.15) is 18.5 Å². The van der Waals surface area contributed by atoms with Gasteiger partial charge in [-0.3, -0.25) is 0 Å². The van der Waals surface area contributed by atoms with Gasteiger partial charge in [0.15, 0.2) is 0 Å². The number of rotatable bonds is 10. The standard InChI is InChI=1S/C16H27NO2/c1-3-4-5-9-12-17(2)13-15(18)14-19-16-10-7-6-8-11-16/h6-8,10-11,15,18H,3-5,9,12-14H2,1-2H3. The summed E-state index contributed by atoms with van der Waals surface area (Å²) in [6.45, 7) is 4.28. The van der Waals surface area contributed by atoms with Crippen molar-refractivity contribution < 1.29 is 9.84 Å². The summed E-state index contributed by atoms with van der Waals surface area (Å²) in [6.07, 6.45) is 4.61. The van der Waals surface area contributed by atoms with Crippen LogP contribution in [-0.2, 0) is 0 Å². The SMILES string of the molecule is CCCCCCN(C)CC(O)COc1ccccc1. The number of ether oxygens (including phenoxy) is 1. The Labute approximate surface area is 117 Å². The van der Waals surface area contributed by atoms with Crippen molar-refractivity contribution in [2.24, 2.45) is 0 Å². The fourth-order valence-corrected chi connectivity index (χ4v) is 2.02. The zero-order valence-corrected chi connectivity index (χ0v) is 12.2. The number of aliphatic hydroxyl groups excluding tert-OH is 1. The maximum absolute atomic E-state index is 9.92. The minimum absolute atomic E-state index is 0.351. The van der Waals surface area contributed by atoms with Crippen LogP contribution in [0.4, 0.5) is 0 Å². The molecule has 1 N–H and O–H groups in total. The largest absolute Gasteiger partial charge is 0.491 e. The van der Waals surface area contributed by atoms with E-state index < -0.39 is 6.10 Å². The van der Waals surface area contributed by atoms with Crippen molar-refractivity contribution in [1.82, 2.24) is 4.90 Å². The highest BCUT2D eigenvalue weighted by Gasteiger charge is 2.08. The summed E-state index contributed by atoms with van der Waals surface area (Å²) in [5.74, 6) is 0.812. The second kappa shape index (κ2) is 9.82. The topological polar surface area (TPSA) is 32.7 Å². The third-order valence-electron chi connectivity index (χ3n) is 3.10. The molecule has 3 nitrogen and oxygen atoms in total. The monoisotopic (exact) mass is 265 g/mol. The van der Waals surface area contributed by atoms with Crippen molar-refractivity contribution in [1.29, 1.82) is 0 Å². The number of hydrogen-bond acceptors (Lipinski definition) is 3. The molecule has 0 radical (unpaired) electrons. The van der Waals surface area contributed by atoms with E-state index in [9.17, 15) is 5.11 Å². The van der Waals surface area contributed by atoms with Crippen molar-refractivity contribution in [2.75, 3.05) is 26.7 Å². The van der Waals surface area contributed by atoms with E-state index in [2.05, 4.69) is 18.9 Å². The number of para-hydroxylation sites is 1. The normalized spacial score (nSPS) is 12.6. The van der Waals surface area contributed by atoms with Crippen LogP contribution in [0, 0.1) is 0 Å². The number of hydrogen-bond donors (Lipinski definition) is 1. The van der Waals surface area contributed by atoms with Gasteiger partial charge in [-0.15, -0.1) is 0 Å². The third kappa shape index (κ3) is 7.85. The van der Waals surface area contributed by atoms with Crippen LogP contribution in [0.1, 0.15) is 32.6 Å². The Hall–Kier alpha value is -1.06. The van der Waals surface area contributed by atoms with Gasteiger partial charge < -0.3 is 14.7 Å². The highest BCUT2D eigenvalue weighted by Crippen LogP contribution is 2.08. The molecule has 0 heterocycles. The number of nitrogens with zero attached hydrogens (tertiary/aromatic N) is 1. The summed E-state index contributed by atoms with van der Waals surface area (Å²) < 4.78 is 5.54. The van der Waals surface area contributed by atoms with E-state index in [0.717, 1.165) is 12.3 Å². The Kier molecular flexibility index (Phi) is 8.26. The van der Waals surface area contributed by atoms with Gasteiger partial charge in [0.2, 0.25) is 0 Å². The molecule has 0 fully saturated rings. The first-order valence-electron chi connectivity index (χ1n) is 7.26. The fourth-order valence-electron chi connectivity index (χ4n) is 2.02. The number of unbranched alkanes of at least 4 members (excludes halogenated alkanes) is 3. The Morgan fingerprint density at radius 1 is 1.16 bits per heavy atom. The molecule has 108 valence electrons. The van der Waals surface area contributed by atoms with Crippen LogP contribution in [0.25, 0.3) is 0 Å². The van der Waals surface area contributed by atoms with E-state index in [1.54, 1.807) is 0 Å². The van der Waals surface area contributed by atoms with Gasteiger partial charge in [0.25, 0.3) is 0 Å². The summed E-state index contributed by atoms with van der Waals surface area (Å²) >= 11 is 0. The van der Waals surface area contributed by atoms with Gasteiger partial charge in [-0.1, -0.05) is 44.4 Å². The van der Waals surface area contributed by atoms with Crippen LogP contribution in [0.2, 0.25) is 0 Å². The molecule has 0 spiro atoms. The molecule has 19 heavy (non-hydrogen) atoms. The van der Waals surface area contributed by atoms with E-state index in [-0.39, 0.29) is 0 Å². The zero-order valence-electron chi connectivity index (χ0n) is 12.2. The van der Waals surface area contributed by atoms with E-state index in [4.69, 9.17) is 4.74 Å². The Morgan fingerprint density at radius 2 is 1.89 bits per heavy atom. The smallest absolute Gasteiger partial charge is 0.119 e. The summed E-state index contributed by atoms with van der Waals surface area (Å²) in [4.78, 5) is 2.18. The van der Waals surface area contributed by atoms with Crippen LogP contribution >= 0.6 is 0 Å². The molecule has 1 atom stereocenters. The first kappa shape index (κ1) is 16.0. The van der Waals surface area contributed by atoms with Gasteiger partial charge in [0, 0.05) is 6.54 Å². The van der Waals surface area contributed by atoms with Crippen LogP contribution in [0.5, 0.6) is 5.75 Å². The quantitative estimate of drug-likeness (QED) is 0.660. The third-order valence-corrected chi connectivity index (χ3v) is 3.10. The number of benzene rings is 1. The minimum Gasteiger partial charge on any atom is -0.491 e. The van der Waals surface area contributed by atoms with E-state index >= 15 is 0 Å². The van der Waals surface area contributed by atoms with Crippen molar-refractivity contribution >= 4 is 0 Å². The maximum atomic E-state index is 9.92. The first-order valence-corrected chi connectivity index (χ1v) is 7.26. The van der Waals surface area contributed by atoms with Gasteiger partial charge in [0.05, 0.1) is 0 Å². The van der Waals surface area contributed by atoms with E-state index in [0.29, 0.717) is 13.2 Å². The summed E-state index contributed by atoms with van der Waals surface area (Å²) in [6, 6.07) is 9.62. The van der Waals surface area contributed by atoms with Crippen LogP contribution in [0.3, 0.4) is 0 Å². The number of likely N-dealkylation sites (N-methyl/N-ethyl adjacent to an activating group) is 1. The van der Waals surface area contributed by atoms with Crippen molar-refractivity contribution in [2.45, 2.75) is 38.7 Å². The minimum atomic E-state index is -0.434. The molecule has 0 aromatic heterocycles. The molecule has 1 aromatic carbocycles. The van der Waals surface area contributed by atoms with Crippen molar-refractivity contribution in [3.8, 4) is 5.75 Å². The van der Waals surface area contributed by atoms with E-state index in [1.165, 1.54) is 25.7 Å². The highest BCUT2D eigenvalue weighted by molar-refractivity contribution is 5.20. The molecular weight excluding hydrogens is 238 g/mol. The molecule has 1 unspecified atom stereocenters. The van der Waals surface area contributed by atoms with E-state index in [1.807, 2.05) is 30.3 Å². The lowest BCUT2D eigenvalue weighted by Crippen LogP contribution is -2.33. The lowest BCUT2D eigenvalue weighted by Gasteiger charge is -2.20. The van der Waals surface area contributed by atoms with Crippen LogP contribution < -0.4 is 4.74 Å². The molecule has 0 bridgehead atoms. The van der Waals surface area contributed by atoms with Gasteiger partial charge in [-0.25, -0.2) is 0 Å². The lowest BCUT2D eigenvalue weighted by molar-refractivity contribution is 0.0759. The Balaban J connectivity index is 2.11. The molecule has 0 aliphatic heterocycles. The molecule has 0 amide bonds. The fraction of sp³-hybridized carbons (Fsp3) is 0.625. The molecule has 0 saturated carbocycles. The first-order chi connectivity index (χ1) is 9.22. The van der Waals surface area contributed by atoms with Gasteiger partial charge in [-0.05, 0) is 32.1 Å². The Morgan fingerprint density at radius 3 is 2.58 bits per heavy atom. The van der Waals surface area contributed by atoms with Gasteiger partial charge in [-0.2, -0.15) is 0 Å². The predicted octanol–water partition coefficient (Wildman–Crippen LogP) is 2.94. The molecule has 0 aliphatic carbocycles. The van der Waals surface area contributed by atoms with Gasteiger partial charge >= 0.3 is 0 Å². The average molecular weight is 265 g/mol. The molecule has 0 saturated heterocycles. The zero-order chi connectivity index (χ0) is 13.9. The summed E-state index contributed by atoms with van der Waals surface area (Å²) in [5, 5.41) is 9.92. The summed E-state index contributed by atoms with van der Waals surface area (Å²) in [7, 11) is 2.05. The van der Waals surface area contributed by atoms with Crippen LogP contribution in [0.15, 0.2) is 30.3 Å². The molecule has 1 aromatic rings. The summed E-state index contributed by atoms with van der Waals surface area (Å²) in [5.41, 5.74) is 0. The molecular formula is C16H27NO2. The number of aliphatic hydroxyl groups is 1. The van der Waals surface area contributed by atoms with Crippen molar-refractivity contribution in [3.63, 3.8) is 0 Å². The maximum Gasteiger partial charge on any atom is 0.119 e. The van der Waals surface area contributed by atoms with Crippen molar-refractivity contribution in [3.05, 3.63) is 30.3 Å². The average Bonchev–Trinajstić information content (AvgIpc) is 2.42.